The molecular formula is C17H12Cl2N2O3. The largest absolute Gasteiger partial charge is 0.489 e. The van der Waals surface area contributed by atoms with Gasteiger partial charge in [-0.05, 0) is 35.9 Å². The van der Waals surface area contributed by atoms with Crippen LogP contribution in [0.3, 0.4) is 0 Å². The molecule has 7 heteroatoms. The highest BCUT2D eigenvalue weighted by molar-refractivity contribution is 6.35. The third kappa shape index (κ3) is 3.88. The summed E-state index contributed by atoms with van der Waals surface area (Å²) in [4.78, 5) is 22.5. The van der Waals surface area contributed by atoms with Gasteiger partial charge in [0, 0.05) is 15.6 Å². The molecular weight excluding hydrogens is 351 g/mol. The van der Waals surface area contributed by atoms with Gasteiger partial charge in [-0.2, -0.15) is 0 Å². The predicted molar refractivity (Wildman–Crippen MR) is 91.9 cm³/mol. The molecule has 1 heterocycles. The molecule has 0 radical (unpaired) electrons. The first kappa shape index (κ1) is 16.4. The highest BCUT2D eigenvalue weighted by Crippen LogP contribution is 2.23. The fourth-order valence-electron chi connectivity index (χ4n) is 2.11. The summed E-state index contributed by atoms with van der Waals surface area (Å²) in [5.74, 6) is 0.209. The summed E-state index contributed by atoms with van der Waals surface area (Å²) < 4.78 is 5.68. The van der Waals surface area contributed by atoms with Crippen LogP contribution >= 0.6 is 23.2 Å². The molecule has 1 aliphatic rings. The zero-order valence-electron chi connectivity index (χ0n) is 12.3. The van der Waals surface area contributed by atoms with Crippen LogP contribution < -0.4 is 15.4 Å². The molecule has 1 fully saturated rings. The second kappa shape index (κ2) is 6.95. The van der Waals surface area contributed by atoms with Crippen molar-refractivity contribution < 1.29 is 14.3 Å². The second-order valence-corrected chi connectivity index (χ2v) is 5.90. The van der Waals surface area contributed by atoms with E-state index in [9.17, 15) is 9.59 Å². The number of benzene rings is 2. The Hall–Kier alpha value is -2.50. The van der Waals surface area contributed by atoms with E-state index in [1.165, 1.54) is 0 Å². The number of imide groups is 1. The minimum Gasteiger partial charge on any atom is -0.489 e. The van der Waals surface area contributed by atoms with Gasteiger partial charge in [-0.3, -0.25) is 10.1 Å². The van der Waals surface area contributed by atoms with Gasteiger partial charge in [0.1, 0.15) is 18.1 Å². The minimum atomic E-state index is -0.522. The van der Waals surface area contributed by atoms with Crippen LogP contribution in [0.4, 0.5) is 4.79 Å². The van der Waals surface area contributed by atoms with Gasteiger partial charge in [0.2, 0.25) is 0 Å². The van der Waals surface area contributed by atoms with Gasteiger partial charge in [-0.25, -0.2) is 4.79 Å². The van der Waals surface area contributed by atoms with Crippen LogP contribution in [0.15, 0.2) is 48.2 Å². The lowest BCUT2D eigenvalue weighted by atomic mass is 10.2. The number of amides is 3. The van der Waals surface area contributed by atoms with Crippen LogP contribution in [0, 0.1) is 0 Å². The fraction of sp³-hybridized carbons (Fsp3) is 0.0588. The number of hydrogen-bond acceptors (Lipinski definition) is 3. The SMILES string of the molecule is O=C1NC(=O)C(=Cc2ccc(OCc3ccc(Cl)cc3Cl)cc2)N1. The van der Waals surface area contributed by atoms with Gasteiger partial charge in [0.15, 0.2) is 0 Å². The van der Waals surface area contributed by atoms with Gasteiger partial charge in [0.05, 0.1) is 0 Å². The quantitative estimate of drug-likeness (QED) is 0.642. The molecule has 24 heavy (non-hydrogen) atoms. The third-order valence-corrected chi connectivity index (χ3v) is 3.91. The summed E-state index contributed by atoms with van der Waals surface area (Å²) in [7, 11) is 0. The van der Waals surface area contributed by atoms with E-state index >= 15 is 0 Å². The molecule has 0 bridgehead atoms. The number of rotatable bonds is 4. The van der Waals surface area contributed by atoms with E-state index in [2.05, 4.69) is 10.6 Å². The van der Waals surface area contributed by atoms with Crippen molar-refractivity contribution >= 4 is 41.2 Å². The summed E-state index contributed by atoms with van der Waals surface area (Å²) in [6.45, 7) is 0.314. The molecule has 122 valence electrons. The Kier molecular flexibility index (Phi) is 4.74. The van der Waals surface area contributed by atoms with E-state index < -0.39 is 11.9 Å². The van der Waals surface area contributed by atoms with Crippen LogP contribution in [0.5, 0.6) is 5.75 Å². The summed E-state index contributed by atoms with van der Waals surface area (Å²) in [6, 6.07) is 11.8. The Morgan fingerprint density at radius 2 is 1.75 bits per heavy atom. The van der Waals surface area contributed by atoms with Crippen LogP contribution in [0.2, 0.25) is 10.0 Å². The maximum absolute atomic E-state index is 11.5. The summed E-state index contributed by atoms with van der Waals surface area (Å²) in [5.41, 5.74) is 1.80. The van der Waals surface area contributed by atoms with Crippen molar-refractivity contribution in [1.29, 1.82) is 0 Å². The zero-order valence-corrected chi connectivity index (χ0v) is 13.8. The lowest BCUT2D eigenvalue weighted by Crippen LogP contribution is -2.22. The second-order valence-electron chi connectivity index (χ2n) is 5.06. The number of nitrogens with one attached hydrogen (secondary N) is 2. The number of halogens is 2. The molecule has 0 aromatic heterocycles. The topological polar surface area (TPSA) is 67.4 Å². The molecule has 2 aromatic rings. The maximum Gasteiger partial charge on any atom is 0.326 e. The highest BCUT2D eigenvalue weighted by Gasteiger charge is 2.22. The van der Waals surface area contributed by atoms with Crippen molar-refractivity contribution in [3.8, 4) is 5.75 Å². The minimum absolute atomic E-state index is 0.210. The van der Waals surface area contributed by atoms with Crippen molar-refractivity contribution in [2.45, 2.75) is 6.61 Å². The first-order valence-electron chi connectivity index (χ1n) is 7.02. The number of carbonyl (C=O) groups excluding carboxylic acids is 2. The first-order valence-corrected chi connectivity index (χ1v) is 7.78. The van der Waals surface area contributed by atoms with Crippen LogP contribution in [0.25, 0.3) is 6.08 Å². The molecule has 3 amide bonds. The molecule has 0 saturated carbocycles. The molecule has 1 saturated heterocycles. The number of urea groups is 1. The maximum atomic E-state index is 11.5. The summed E-state index contributed by atoms with van der Waals surface area (Å²) in [5, 5.41) is 5.69. The van der Waals surface area contributed by atoms with Crippen LogP contribution in [0.1, 0.15) is 11.1 Å². The van der Waals surface area contributed by atoms with E-state index in [1.807, 2.05) is 6.07 Å². The average Bonchev–Trinajstić information content (AvgIpc) is 2.85. The molecule has 0 unspecified atom stereocenters. The first-order chi connectivity index (χ1) is 11.5. The smallest absolute Gasteiger partial charge is 0.326 e. The molecule has 0 aliphatic carbocycles. The molecule has 1 aliphatic heterocycles. The lowest BCUT2D eigenvalue weighted by Gasteiger charge is -2.08. The van der Waals surface area contributed by atoms with Crippen LogP contribution in [-0.4, -0.2) is 11.9 Å². The Morgan fingerprint density at radius 3 is 2.38 bits per heavy atom. The van der Waals surface area contributed by atoms with Gasteiger partial charge >= 0.3 is 6.03 Å². The molecule has 0 atom stereocenters. The molecule has 2 N–H and O–H groups in total. The fourth-order valence-corrected chi connectivity index (χ4v) is 2.57. The van der Waals surface area contributed by atoms with E-state index in [0.717, 1.165) is 11.1 Å². The van der Waals surface area contributed by atoms with Crippen molar-refractivity contribution in [2.24, 2.45) is 0 Å². The van der Waals surface area contributed by atoms with Crippen molar-refractivity contribution in [3.05, 3.63) is 69.3 Å². The monoisotopic (exact) mass is 362 g/mol. The number of ether oxygens (including phenoxy) is 1. The Morgan fingerprint density at radius 1 is 1.00 bits per heavy atom. The molecule has 3 rings (SSSR count). The standard InChI is InChI=1S/C17H12Cl2N2O3/c18-12-4-3-11(14(19)8-12)9-24-13-5-1-10(2-6-13)7-15-16(22)21-17(23)20-15/h1-8H,9H2,(H2,20,21,22,23). The van der Waals surface area contributed by atoms with Crippen molar-refractivity contribution in [3.63, 3.8) is 0 Å². The van der Waals surface area contributed by atoms with Gasteiger partial charge in [0.25, 0.3) is 5.91 Å². The van der Waals surface area contributed by atoms with E-state index in [1.54, 1.807) is 42.5 Å². The lowest BCUT2D eigenvalue weighted by molar-refractivity contribution is -0.115. The van der Waals surface area contributed by atoms with Crippen LogP contribution in [-0.2, 0) is 11.4 Å². The Balaban J connectivity index is 1.65. The zero-order chi connectivity index (χ0) is 17.1. The Bertz CT molecular complexity index is 832. The summed E-state index contributed by atoms with van der Waals surface area (Å²) >= 11 is 12.0. The summed E-state index contributed by atoms with van der Waals surface area (Å²) in [6.07, 6.45) is 1.58. The van der Waals surface area contributed by atoms with E-state index in [4.69, 9.17) is 27.9 Å². The van der Waals surface area contributed by atoms with Crippen molar-refractivity contribution in [1.82, 2.24) is 10.6 Å². The number of carbonyl (C=O) groups is 2. The average molecular weight is 363 g/mol. The normalized spacial score (nSPS) is 15.3. The highest BCUT2D eigenvalue weighted by atomic mass is 35.5. The molecule has 2 aromatic carbocycles. The number of hydrogen-bond donors (Lipinski definition) is 2. The van der Waals surface area contributed by atoms with Crippen molar-refractivity contribution in [2.75, 3.05) is 0 Å². The van der Waals surface area contributed by atoms with Gasteiger partial charge in [-0.1, -0.05) is 41.4 Å². The van der Waals surface area contributed by atoms with Gasteiger partial charge in [-0.15, -0.1) is 0 Å². The molecule has 5 nitrogen and oxygen atoms in total. The third-order valence-electron chi connectivity index (χ3n) is 3.32. The van der Waals surface area contributed by atoms with E-state index in [0.29, 0.717) is 22.4 Å². The van der Waals surface area contributed by atoms with E-state index in [-0.39, 0.29) is 5.70 Å². The Labute approximate surface area is 148 Å². The molecule has 0 spiro atoms. The predicted octanol–water partition coefficient (Wildman–Crippen LogP) is 3.75. The van der Waals surface area contributed by atoms with Gasteiger partial charge < -0.3 is 10.1 Å².